The Hall–Kier alpha value is -0.200. The Morgan fingerprint density at radius 2 is 1.05 bits per heavy atom. The van der Waals surface area contributed by atoms with Gasteiger partial charge in [0.2, 0.25) is 0 Å². The number of hydrogen-bond donors (Lipinski definition) is 2. The fourth-order valence-electron chi connectivity index (χ4n) is 6.15. The third-order valence-corrected chi connectivity index (χ3v) is 11.4. The van der Waals surface area contributed by atoms with Gasteiger partial charge in [-0.1, -0.05) is 26.7 Å². The van der Waals surface area contributed by atoms with E-state index in [1.807, 2.05) is 0 Å². The van der Waals surface area contributed by atoms with E-state index in [0.29, 0.717) is 36.7 Å². The molecule has 2 aliphatic heterocycles. The molecule has 0 unspecified atom stereocenters. The van der Waals surface area contributed by atoms with Gasteiger partial charge in [0.05, 0.1) is 17.9 Å². The zero-order chi connectivity index (χ0) is 31.3. The molecule has 0 aliphatic carbocycles. The van der Waals surface area contributed by atoms with Crippen molar-refractivity contribution in [2.45, 2.75) is 95.9 Å². The third-order valence-electron chi connectivity index (χ3n) is 9.05. The van der Waals surface area contributed by atoms with Gasteiger partial charge in [0.25, 0.3) is 0 Å². The molecule has 43 heavy (non-hydrogen) atoms. The molecule has 0 bridgehead atoms. The van der Waals surface area contributed by atoms with E-state index in [1.165, 1.54) is 38.5 Å². The lowest BCUT2D eigenvalue weighted by molar-refractivity contribution is 0.0434. The molecule has 240 valence electrons. The summed E-state index contributed by atoms with van der Waals surface area (Å²) in [6.45, 7) is 12.6. The van der Waals surface area contributed by atoms with Crippen molar-refractivity contribution in [3.8, 4) is 11.5 Å². The first-order valence-corrected chi connectivity index (χ1v) is 18.6. The third kappa shape index (κ3) is 9.43. The minimum Gasteiger partial charge on any atom is -0.488 e. The van der Waals surface area contributed by atoms with E-state index in [9.17, 15) is 10.2 Å². The monoisotopic (exact) mass is 850 g/mol. The summed E-state index contributed by atoms with van der Waals surface area (Å²) in [6.07, 6.45) is 6.18. The standard InChI is InChI=1S/C33H46Br4N2O4/c1-21-9-5-7-11-38(21)17-25(40)19-42-31-27(34)13-23(14-28(31)35)33(3,4)24-15-29(36)32(30(37)16-24)43-20-26(41)18-39-12-8-6-10-22(39)2/h13-16,21-22,25-26,40-41H,5-12,17-20H2,1-4H3/t21-,22+,25-,26-/m0/s1. The van der Waals surface area contributed by atoms with Crippen LogP contribution in [-0.4, -0.2) is 83.7 Å². The molecular weight excluding hydrogens is 808 g/mol. The highest BCUT2D eigenvalue weighted by molar-refractivity contribution is 9.11. The molecule has 2 fully saturated rings. The first kappa shape index (κ1) is 35.7. The van der Waals surface area contributed by atoms with Crippen molar-refractivity contribution >= 4 is 63.7 Å². The molecule has 4 atom stereocenters. The Labute approximate surface area is 291 Å². The van der Waals surface area contributed by atoms with Gasteiger partial charge in [0.1, 0.15) is 36.9 Å². The lowest BCUT2D eigenvalue weighted by Gasteiger charge is -2.34. The van der Waals surface area contributed by atoms with Crippen LogP contribution in [0.25, 0.3) is 0 Å². The van der Waals surface area contributed by atoms with E-state index >= 15 is 0 Å². The van der Waals surface area contributed by atoms with Gasteiger partial charge in [-0.15, -0.1) is 0 Å². The van der Waals surface area contributed by atoms with Crippen LogP contribution in [0.5, 0.6) is 11.5 Å². The van der Waals surface area contributed by atoms with Gasteiger partial charge in [-0.05, 0) is 152 Å². The van der Waals surface area contributed by atoms with Gasteiger partial charge in [0.15, 0.2) is 0 Å². The molecule has 6 nitrogen and oxygen atoms in total. The molecule has 2 aromatic rings. The van der Waals surface area contributed by atoms with Crippen LogP contribution in [0.2, 0.25) is 0 Å². The molecule has 2 N–H and O–H groups in total. The molecule has 0 amide bonds. The number of aliphatic hydroxyl groups is 2. The predicted octanol–water partition coefficient (Wildman–Crippen LogP) is 8.29. The van der Waals surface area contributed by atoms with Crippen molar-refractivity contribution in [2.24, 2.45) is 0 Å². The lowest BCUT2D eigenvalue weighted by atomic mass is 9.78. The Bertz CT molecular complexity index is 1090. The fraction of sp³-hybridized carbons (Fsp3) is 0.636. The van der Waals surface area contributed by atoms with Crippen LogP contribution in [0.3, 0.4) is 0 Å². The highest BCUT2D eigenvalue weighted by atomic mass is 79.9. The summed E-state index contributed by atoms with van der Waals surface area (Å²) < 4.78 is 15.5. The minimum atomic E-state index is -0.555. The molecule has 4 rings (SSSR count). The predicted molar refractivity (Wildman–Crippen MR) is 189 cm³/mol. The van der Waals surface area contributed by atoms with Crippen molar-refractivity contribution in [3.63, 3.8) is 0 Å². The summed E-state index contributed by atoms with van der Waals surface area (Å²) in [5, 5.41) is 21.4. The summed E-state index contributed by atoms with van der Waals surface area (Å²) >= 11 is 14.9. The van der Waals surface area contributed by atoms with Crippen LogP contribution < -0.4 is 9.47 Å². The van der Waals surface area contributed by atoms with Crippen molar-refractivity contribution in [1.82, 2.24) is 9.80 Å². The van der Waals surface area contributed by atoms with Gasteiger partial charge < -0.3 is 19.7 Å². The Morgan fingerprint density at radius 3 is 1.37 bits per heavy atom. The number of ether oxygens (including phenoxy) is 2. The first-order chi connectivity index (χ1) is 20.4. The maximum absolute atomic E-state index is 10.7. The van der Waals surface area contributed by atoms with E-state index in [2.05, 4.69) is 125 Å². The molecule has 2 aromatic carbocycles. The molecule has 0 saturated carbocycles. The zero-order valence-electron chi connectivity index (χ0n) is 25.7. The van der Waals surface area contributed by atoms with Crippen LogP contribution in [-0.2, 0) is 5.41 Å². The second-order valence-corrected chi connectivity index (χ2v) is 16.2. The molecule has 2 heterocycles. The molecule has 2 aliphatic rings. The van der Waals surface area contributed by atoms with Gasteiger partial charge in [0, 0.05) is 30.6 Å². The maximum atomic E-state index is 10.7. The normalized spacial score (nSPS) is 21.9. The van der Waals surface area contributed by atoms with Gasteiger partial charge in [-0.3, -0.25) is 9.80 Å². The van der Waals surface area contributed by atoms with Crippen LogP contribution in [0.15, 0.2) is 42.2 Å². The van der Waals surface area contributed by atoms with Crippen LogP contribution in [0.1, 0.15) is 77.3 Å². The van der Waals surface area contributed by atoms with Crippen molar-refractivity contribution in [1.29, 1.82) is 0 Å². The van der Waals surface area contributed by atoms with E-state index in [0.717, 1.165) is 42.1 Å². The smallest absolute Gasteiger partial charge is 0.147 e. The molecule has 0 radical (unpaired) electrons. The number of hydrogen-bond acceptors (Lipinski definition) is 6. The summed E-state index contributed by atoms with van der Waals surface area (Å²) in [5.74, 6) is 1.38. The van der Waals surface area contributed by atoms with E-state index < -0.39 is 12.2 Å². The number of piperidine rings is 2. The molecule has 0 aromatic heterocycles. The van der Waals surface area contributed by atoms with E-state index in [4.69, 9.17) is 9.47 Å². The highest BCUT2D eigenvalue weighted by Gasteiger charge is 2.28. The fourth-order valence-corrected chi connectivity index (χ4v) is 8.98. The van der Waals surface area contributed by atoms with Crippen molar-refractivity contribution in [3.05, 3.63) is 53.3 Å². The zero-order valence-corrected chi connectivity index (χ0v) is 32.1. The second-order valence-electron chi connectivity index (χ2n) is 12.8. The topological polar surface area (TPSA) is 65.4 Å². The van der Waals surface area contributed by atoms with Crippen LogP contribution in [0, 0.1) is 0 Å². The Morgan fingerprint density at radius 1 is 0.698 bits per heavy atom. The first-order valence-electron chi connectivity index (χ1n) is 15.5. The minimum absolute atomic E-state index is 0.232. The van der Waals surface area contributed by atoms with Gasteiger partial charge in [-0.2, -0.15) is 0 Å². The summed E-state index contributed by atoms with van der Waals surface area (Å²) in [5.41, 5.74) is 1.85. The van der Waals surface area contributed by atoms with Crippen LogP contribution in [0.4, 0.5) is 0 Å². The van der Waals surface area contributed by atoms with Crippen LogP contribution >= 0.6 is 63.7 Å². The number of aliphatic hydroxyl groups excluding tert-OH is 2. The second kappa shape index (κ2) is 16.1. The van der Waals surface area contributed by atoms with Gasteiger partial charge >= 0.3 is 0 Å². The van der Waals surface area contributed by atoms with Crippen molar-refractivity contribution in [2.75, 3.05) is 39.4 Å². The SMILES string of the molecule is C[C@@H]1CCCCN1C[C@H](O)COc1c(Br)cc(C(C)(C)c2cc(Br)c(OC[C@@H](O)CN3CCCC[C@@H]3C)c(Br)c2)cc1Br. The molecule has 0 spiro atoms. The number of rotatable bonds is 12. The number of β-amino-alcohol motifs (C(OH)–C–C–N with tert-alkyl or cyclic N) is 2. The van der Waals surface area contributed by atoms with E-state index in [-0.39, 0.29) is 18.6 Å². The number of halogens is 4. The average Bonchev–Trinajstić information content (AvgIpc) is 2.94. The van der Waals surface area contributed by atoms with Gasteiger partial charge in [-0.25, -0.2) is 0 Å². The quantitative estimate of drug-likeness (QED) is 0.224. The number of likely N-dealkylation sites (tertiary alicyclic amines) is 2. The molecule has 2 saturated heterocycles. The highest BCUT2D eigenvalue weighted by Crippen LogP contribution is 2.44. The summed E-state index contributed by atoms with van der Waals surface area (Å²) in [6, 6.07) is 9.35. The molecular formula is C33H46Br4N2O4. The Kier molecular flexibility index (Phi) is 13.3. The number of benzene rings is 2. The largest absolute Gasteiger partial charge is 0.488 e. The molecule has 10 heteroatoms. The number of nitrogens with zero attached hydrogens (tertiary/aromatic N) is 2. The lowest BCUT2D eigenvalue weighted by Crippen LogP contribution is -2.43. The average molecular weight is 854 g/mol. The maximum Gasteiger partial charge on any atom is 0.147 e. The van der Waals surface area contributed by atoms with E-state index in [1.54, 1.807) is 0 Å². The summed E-state index contributed by atoms with van der Waals surface area (Å²) in [4.78, 5) is 4.72. The Balaban J connectivity index is 1.40. The summed E-state index contributed by atoms with van der Waals surface area (Å²) in [7, 11) is 0. The van der Waals surface area contributed by atoms with Crippen molar-refractivity contribution < 1.29 is 19.7 Å².